The molecule has 4 aromatic rings. The molecule has 0 radical (unpaired) electrons. The number of rotatable bonds is 7. The first-order valence-electron chi connectivity index (χ1n) is 11.2. The molecule has 1 aliphatic heterocycles. The highest BCUT2D eigenvalue weighted by molar-refractivity contribution is 5.80. The van der Waals surface area contributed by atoms with Crippen molar-refractivity contribution in [1.29, 1.82) is 0 Å². The molecule has 5 rings (SSSR count). The number of nitrogens with zero attached hydrogens (tertiary/aromatic N) is 2. The van der Waals surface area contributed by atoms with Gasteiger partial charge >= 0.3 is 0 Å². The molecule has 0 atom stereocenters. The van der Waals surface area contributed by atoms with Gasteiger partial charge in [0.15, 0.2) is 6.61 Å². The fraction of sp³-hybridized carbons (Fsp3) is 0.222. The number of nitrogens with one attached hydrogen (secondary N) is 1. The van der Waals surface area contributed by atoms with Gasteiger partial charge in [-0.3, -0.25) is 14.2 Å². The summed E-state index contributed by atoms with van der Waals surface area (Å²) < 4.78 is 7.43. The van der Waals surface area contributed by atoms with Gasteiger partial charge < -0.3 is 10.1 Å². The maximum atomic E-state index is 12.7. The van der Waals surface area contributed by atoms with E-state index in [-0.39, 0.29) is 24.0 Å². The first-order chi connectivity index (χ1) is 16.2. The Kier molecular flexibility index (Phi) is 5.89. The minimum atomic E-state index is -0.212. The first kappa shape index (κ1) is 20.9. The van der Waals surface area contributed by atoms with Crippen LogP contribution in [0.3, 0.4) is 0 Å². The molecule has 0 unspecified atom stereocenters. The van der Waals surface area contributed by atoms with Gasteiger partial charge in [-0.2, -0.15) is 0 Å². The van der Waals surface area contributed by atoms with Crippen molar-refractivity contribution in [2.24, 2.45) is 0 Å². The van der Waals surface area contributed by atoms with E-state index in [2.05, 4.69) is 34.6 Å². The summed E-state index contributed by atoms with van der Waals surface area (Å²) in [4.78, 5) is 29.9. The first-order valence-corrected chi connectivity index (χ1v) is 11.2. The van der Waals surface area contributed by atoms with Crippen LogP contribution < -0.4 is 15.6 Å². The van der Waals surface area contributed by atoms with Crippen molar-refractivity contribution in [3.05, 3.63) is 106 Å². The zero-order valence-electron chi connectivity index (χ0n) is 18.2. The van der Waals surface area contributed by atoms with Gasteiger partial charge in [-0.15, -0.1) is 0 Å². The topological polar surface area (TPSA) is 73.2 Å². The normalized spacial score (nSPS) is 12.6. The smallest absolute Gasteiger partial charge is 0.261 e. The van der Waals surface area contributed by atoms with Crippen LogP contribution in [0.4, 0.5) is 0 Å². The minimum absolute atomic E-state index is 0.0454. The second-order valence-electron chi connectivity index (χ2n) is 8.23. The van der Waals surface area contributed by atoms with E-state index < -0.39 is 0 Å². The molecule has 33 heavy (non-hydrogen) atoms. The molecule has 0 spiro atoms. The molecule has 3 aromatic carbocycles. The number of fused-ring (bicyclic) bond motifs is 2. The van der Waals surface area contributed by atoms with Crippen LogP contribution in [0, 0.1) is 0 Å². The van der Waals surface area contributed by atoms with Gasteiger partial charge in [0.1, 0.15) is 11.6 Å². The van der Waals surface area contributed by atoms with Crippen molar-refractivity contribution >= 4 is 16.8 Å². The second kappa shape index (κ2) is 9.28. The number of hydrogen-bond acceptors (Lipinski definition) is 4. The van der Waals surface area contributed by atoms with E-state index in [1.165, 1.54) is 0 Å². The maximum Gasteiger partial charge on any atom is 0.261 e. The standard InChI is InChI=1S/C27H25N3O3/c31-26(28-17-23(19-8-3-1-4-9-19)20-10-5-2-6-11-20)18-33-21-13-14-24-22(16-21)27(32)30-15-7-12-25(30)29-24/h1-6,8-11,13-14,16,23H,7,12,15,17-18H2,(H,28,31). The molecule has 166 valence electrons. The highest BCUT2D eigenvalue weighted by Crippen LogP contribution is 2.24. The number of aromatic nitrogens is 2. The van der Waals surface area contributed by atoms with Crippen LogP contribution in [0.1, 0.15) is 29.3 Å². The predicted molar refractivity (Wildman–Crippen MR) is 128 cm³/mol. The molecule has 1 amide bonds. The van der Waals surface area contributed by atoms with E-state index in [0.29, 0.717) is 29.7 Å². The van der Waals surface area contributed by atoms with Crippen molar-refractivity contribution in [2.45, 2.75) is 25.3 Å². The van der Waals surface area contributed by atoms with Gasteiger partial charge in [-0.05, 0) is 35.7 Å². The lowest BCUT2D eigenvalue weighted by Crippen LogP contribution is -2.32. The third kappa shape index (κ3) is 4.51. The number of ether oxygens (including phenoxy) is 1. The van der Waals surface area contributed by atoms with E-state index in [4.69, 9.17) is 4.74 Å². The summed E-state index contributed by atoms with van der Waals surface area (Å²) in [5, 5.41) is 3.51. The lowest BCUT2D eigenvalue weighted by molar-refractivity contribution is -0.123. The van der Waals surface area contributed by atoms with Crippen LogP contribution in [0.5, 0.6) is 5.75 Å². The van der Waals surface area contributed by atoms with Crippen LogP contribution in [-0.4, -0.2) is 28.6 Å². The van der Waals surface area contributed by atoms with E-state index in [1.54, 1.807) is 22.8 Å². The largest absolute Gasteiger partial charge is 0.484 e. The number of benzene rings is 3. The number of aryl methyl sites for hydroxylation is 1. The Morgan fingerprint density at radius 2 is 1.70 bits per heavy atom. The molecule has 0 saturated heterocycles. The molecule has 2 heterocycles. The second-order valence-corrected chi connectivity index (χ2v) is 8.23. The molecule has 6 nitrogen and oxygen atoms in total. The van der Waals surface area contributed by atoms with Crippen molar-refractivity contribution in [3.8, 4) is 5.75 Å². The highest BCUT2D eigenvalue weighted by Gasteiger charge is 2.17. The van der Waals surface area contributed by atoms with Crippen LogP contribution in [0.15, 0.2) is 83.7 Å². The van der Waals surface area contributed by atoms with E-state index in [1.807, 2.05) is 36.4 Å². The average molecular weight is 440 g/mol. The van der Waals surface area contributed by atoms with Crippen LogP contribution in [-0.2, 0) is 17.8 Å². The average Bonchev–Trinajstić information content (AvgIpc) is 3.33. The SMILES string of the molecule is O=C(COc1ccc2nc3n(c(=O)c2c1)CCC3)NCC(c1ccccc1)c1ccccc1. The summed E-state index contributed by atoms with van der Waals surface area (Å²) in [5.74, 6) is 1.16. The lowest BCUT2D eigenvalue weighted by Gasteiger charge is -2.19. The Labute approximate surface area is 191 Å². The monoisotopic (exact) mass is 439 g/mol. The summed E-state index contributed by atoms with van der Waals surface area (Å²) in [6.07, 6.45) is 1.77. The molecule has 1 N–H and O–H groups in total. The Balaban J connectivity index is 1.25. The molecule has 6 heteroatoms. The van der Waals surface area contributed by atoms with Crippen LogP contribution in [0.25, 0.3) is 10.9 Å². The van der Waals surface area contributed by atoms with Crippen molar-refractivity contribution in [2.75, 3.05) is 13.2 Å². The van der Waals surface area contributed by atoms with Crippen molar-refractivity contribution in [3.63, 3.8) is 0 Å². The third-order valence-corrected chi connectivity index (χ3v) is 6.06. The van der Waals surface area contributed by atoms with Gasteiger partial charge in [0.25, 0.3) is 11.5 Å². The van der Waals surface area contributed by atoms with Crippen LogP contribution >= 0.6 is 0 Å². The van der Waals surface area contributed by atoms with Crippen molar-refractivity contribution < 1.29 is 9.53 Å². The molecule has 0 bridgehead atoms. The molecule has 1 aromatic heterocycles. The molecular weight excluding hydrogens is 414 g/mol. The van der Waals surface area contributed by atoms with E-state index in [9.17, 15) is 9.59 Å². The van der Waals surface area contributed by atoms with Gasteiger partial charge in [-0.1, -0.05) is 60.7 Å². The van der Waals surface area contributed by atoms with Gasteiger partial charge in [0.2, 0.25) is 0 Å². The summed E-state index contributed by atoms with van der Waals surface area (Å²) in [6, 6.07) is 25.5. The fourth-order valence-corrected chi connectivity index (χ4v) is 4.37. The maximum absolute atomic E-state index is 12.7. The summed E-state index contributed by atoms with van der Waals surface area (Å²) in [6.45, 7) is 1.04. The van der Waals surface area contributed by atoms with E-state index >= 15 is 0 Å². The number of amides is 1. The molecule has 0 aliphatic carbocycles. The summed E-state index contributed by atoms with van der Waals surface area (Å²) in [7, 11) is 0. The molecule has 0 saturated carbocycles. The summed E-state index contributed by atoms with van der Waals surface area (Å²) in [5.41, 5.74) is 2.90. The van der Waals surface area contributed by atoms with Gasteiger partial charge in [0.05, 0.1) is 10.9 Å². The summed E-state index contributed by atoms with van der Waals surface area (Å²) >= 11 is 0. The fourth-order valence-electron chi connectivity index (χ4n) is 4.37. The van der Waals surface area contributed by atoms with Crippen LogP contribution in [0.2, 0.25) is 0 Å². The molecule has 0 fully saturated rings. The Morgan fingerprint density at radius 3 is 2.39 bits per heavy atom. The predicted octanol–water partition coefficient (Wildman–Crippen LogP) is 3.67. The quantitative estimate of drug-likeness (QED) is 0.477. The Hall–Kier alpha value is -3.93. The Morgan fingerprint density at radius 1 is 1.00 bits per heavy atom. The zero-order chi connectivity index (χ0) is 22.6. The number of hydrogen-bond donors (Lipinski definition) is 1. The van der Waals surface area contributed by atoms with Crippen molar-refractivity contribution in [1.82, 2.24) is 14.9 Å². The molecule has 1 aliphatic rings. The number of carbonyl (C=O) groups excluding carboxylic acids is 1. The Bertz CT molecular complexity index is 1290. The number of carbonyl (C=O) groups is 1. The highest BCUT2D eigenvalue weighted by atomic mass is 16.5. The van der Waals surface area contributed by atoms with Gasteiger partial charge in [-0.25, -0.2) is 4.98 Å². The van der Waals surface area contributed by atoms with E-state index in [0.717, 1.165) is 29.8 Å². The minimum Gasteiger partial charge on any atom is -0.484 e. The zero-order valence-corrected chi connectivity index (χ0v) is 18.2. The lowest BCUT2D eigenvalue weighted by atomic mass is 9.91. The van der Waals surface area contributed by atoms with Gasteiger partial charge in [0, 0.05) is 25.4 Å². The molecular formula is C27H25N3O3. The third-order valence-electron chi connectivity index (χ3n) is 6.06.